The van der Waals surface area contributed by atoms with Gasteiger partial charge in [-0.05, 0) is 34.1 Å². The fourth-order valence-electron chi connectivity index (χ4n) is 1.33. The molecule has 0 atom stereocenters. The molecule has 0 aliphatic carbocycles. The molecule has 0 bridgehead atoms. The van der Waals surface area contributed by atoms with E-state index < -0.39 is 11.7 Å². The van der Waals surface area contributed by atoms with E-state index in [1.54, 1.807) is 11.9 Å². The van der Waals surface area contributed by atoms with Crippen LogP contribution in [0.4, 0.5) is 18.9 Å². The zero-order valence-corrected chi connectivity index (χ0v) is 10.6. The number of nitrogens with zero attached hydrogens (tertiary/aromatic N) is 2. The molecule has 17 heavy (non-hydrogen) atoms. The summed E-state index contributed by atoms with van der Waals surface area (Å²) < 4.78 is 37.6. The van der Waals surface area contributed by atoms with Crippen LogP contribution in [0.1, 0.15) is 12.0 Å². The number of nitriles is 1. The van der Waals surface area contributed by atoms with Gasteiger partial charge in [-0.25, -0.2) is 0 Å². The van der Waals surface area contributed by atoms with Gasteiger partial charge in [-0.15, -0.1) is 0 Å². The molecule has 0 unspecified atom stereocenters. The Kier molecular flexibility index (Phi) is 4.40. The molecule has 0 spiro atoms. The molecule has 0 radical (unpaired) electrons. The minimum atomic E-state index is -4.34. The zero-order valence-electron chi connectivity index (χ0n) is 9.05. The standard InChI is InChI=1S/C11H10BrF3N2/c1-17(6-2-5-16)10-4-3-8(7-9(10)12)11(13,14)15/h3-4,7H,2,6H2,1H3. The Morgan fingerprint density at radius 3 is 2.53 bits per heavy atom. The molecule has 0 N–H and O–H groups in total. The third-order valence-corrected chi connectivity index (χ3v) is 2.88. The van der Waals surface area contributed by atoms with Gasteiger partial charge in [0.2, 0.25) is 0 Å². The molecule has 0 heterocycles. The van der Waals surface area contributed by atoms with Gasteiger partial charge in [0, 0.05) is 18.1 Å². The third-order valence-electron chi connectivity index (χ3n) is 2.25. The molecule has 0 aliphatic heterocycles. The van der Waals surface area contributed by atoms with Gasteiger partial charge in [-0.3, -0.25) is 0 Å². The summed E-state index contributed by atoms with van der Waals surface area (Å²) in [6, 6.07) is 5.45. The summed E-state index contributed by atoms with van der Waals surface area (Å²) in [5, 5.41) is 8.44. The molecule has 92 valence electrons. The first-order valence-corrected chi connectivity index (χ1v) is 5.60. The molecule has 0 saturated heterocycles. The molecule has 0 aromatic heterocycles. The highest BCUT2D eigenvalue weighted by Crippen LogP contribution is 2.34. The number of alkyl halides is 3. The van der Waals surface area contributed by atoms with Crippen LogP contribution in [0.3, 0.4) is 0 Å². The Hall–Kier alpha value is -1.22. The Labute approximate surface area is 106 Å². The summed E-state index contributed by atoms with van der Waals surface area (Å²) in [6.07, 6.45) is -4.02. The maximum absolute atomic E-state index is 12.4. The van der Waals surface area contributed by atoms with E-state index in [4.69, 9.17) is 5.26 Å². The van der Waals surface area contributed by atoms with Crippen LogP contribution in [0.2, 0.25) is 0 Å². The zero-order chi connectivity index (χ0) is 13.1. The SMILES string of the molecule is CN(CCC#N)c1ccc(C(F)(F)F)cc1Br. The number of hydrogen-bond donors (Lipinski definition) is 0. The van der Waals surface area contributed by atoms with Gasteiger partial charge in [0.25, 0.3) is 0 Å². The molecule has 6 heteroatoms. The number of benzene rings is 1. The lowest BCUT2D eigenvalue weighted by Crippen LogP contribution is -2.18. The minimum Gasteiger partial charge on any atom is -0.373 e. The number of halogens is 4. The summed E-state index contributed by atoms with van der Waals surface area (Å²) in [5.74, 6) is 0. The Morgan fingerprint density at radius 2 is 2.06 bits per heavy atom. The summed E-state index contributed by atoms with van der Waals surface area (Å²) in [5.41, 5.74) is -0.0601. The monoisotopic (exact) mass is 306 g/mol. The van der Waals surface area contributed by atoms with Crippen LogP contribution in [0, 0.1) is 11.3 Å². The maximum atomic E-state index is 12.4. The van der Waals surface area contributed by atoms with Gasteiger partial charge in [-0.2, -0.15) is 18.4 Å². The van der Waals surface area contributed by atoms with Crippen LogP contribution < -0.4 is 4.90 Å². The van der Waals surface area contributed by atoms with E-state index in [0.717, 1.165) is 12.1 Å². The molecule has 1 rings (SSSR count). The number of hydrogen-bond acceptors (Lipinski definition) is 2. The Morgan fingerprint density at radius 1 is 1.41 bits per heavy atom. The van der Waals surface area contributed by atoms with Crippen LogP contribution in [0.15, 0.2) is 22.7 Å². The highest BCUT2D eigenvalue weighted by atomic mass is 79.9. The highest BCUT2D eigenvalue weighted by molar-refractivity contribution is 9.10. The van der Waals surface area contributed by atoms with Gasteiger partial charge in [0.1, 0.15) is 0 Å². The number of rotatable bonds is 3. The fraction of sp³-hybridized carbons (Fsp3) is 0.364. The highest BCUT2D eigenvalue weighted by Gasteiger charge is 2.30. The topological polar surface area (TPSA) is 27.0 Å². The van der Waals surface area contributed by atoms with E-state index in [0.29, 0.717) is 23.1 Å². The van der Waals surface area contributed by atoms with Gasteiger partial charge in [0.05, 0.1) is 23.7 Å². The molecular weight excluding hydrogens is 297 g/mol. The third kappa shape index (κ3) is 3.63. The maximum Gasteiger partial charge on any atom is 0.416 e. The lowest BCUT2D eigenvalue weighted by Gasteiger charge is -2.20. The van der Waals surface area contributed by atoms with Crippen molar-refractivity contribution in [2.75, 3.05) is 18.5 Å². The smallest absolute Gasteiger partial charge is 0.373 e. The van der Waals surface area contributed by atoms with Crippen molar-refractivity contribution in [3.63, 3.8) is 0 Å². The summed E-state index contributed by atoms with van der Waals surface area (Å²) in [6.45, 7) is 0.473. The summed E-state index contributed by atoms with van der Waals surface area (Å²) in [7, 11) is 1.73. The normalized spacial score (nSPS) is 11.1. The van der Waals surface area contributed by atoms with Gasteiger partial charge < -0.3 is 4.90 Å². The van der Waals surface area contributed by atoms with Gasteiger partial charge >= 0.3 is 6.18 Å². The van der Waals surface area contributed by atoms with Crippen molar-refractivity contribution in [3.05, 3.63) is 28.2 Å². The van der Waals surface area contributed by atoms with Crippen molar-refractivity contribution in [1.82, 2.24) is 0 Å². The predicted octanol–water partition coefficient (Wildman–Crippen LogP) is 3.82. The Balaban J connectivity index is 2.94. The molecule has 2 nitrogen and oxygen atoms in total. The van der Waals surface area contributed by atoms with Crippen LogP contribution in [0.5, 0.6) is 0 Å². The van der Waals surface area contributed by atoms with Crippen LogP contribution >= 0.6 is 15.9 Å². The van der Waals surface area contributed by atoms with E-state index >= 15 is 0 Å². The molecule has 0 saturated carbocycles. The average molecular weight is 307 g/mol. The van der Waals surface area contributed by atoms with Crippen molar-refractivity contribution in [1.29, 1.82) is 5.26 Å². The molecule has 0 aliphatic rings. The van der Waals surface area contributed by atoms with Crippen molar-refractivity contribution in [3.8, 4) is 6.07 Å². The second-order valence-electron chi connectivity index (χ2n) is 3.49. The van der Waals surface area contributed by atoms with E-state index in [1.807, 2.05) is 6.07 Å². The van der Waals surface area contributed by atoms with E-state index in [1.165, 1.54) is 6.07 Å². The van der Waals surface area contributed by atoms with Gasteiger partial charge in [-0.1, -0.05) is 0 Å². The van der Waals surface area contributed by atoms with Crippen molar-refractivity contribution in [2.45, 2.75) is 12.6 Å². The average Bonchev–Trinajstić information content (AvgIpc) is 2.24. The lowest BCUT2D eigenvalue weighted by atomic mass is 10.2. The number of anilines is 1. The lowest BCUT2D eigenvalue weighted by molar-refractivity contribution is -0.137. The van der Waals surface area contributed by atoms with Crippen molar-refractivity contribution < 1.29 is 13.2 Å². The summed E-state index contributed by atoms with van der Waals surface area (Å²) >= 11 is 3.11. The quantitative estimate of drug-likeness (QED) is 0.849. The van der Waals surface area contributed by atoms with Gasteiger partial charge in [0.15, 0.2) is 0 Å². The van der Waals surface area contributed by atoms with Crippen LogP contribution in [-0.4, -0.2) is 13.6 Å². The van der Waals surface area contributed by atoms with Crippen molar-refractivity contribution in [2.24, 2.45) is 0 Å². The summed E-state index contributed by atoms with van der Waals surface area (Å²) in [4.78, 5) is 1.73. The second-order valence-corrected chi connectivity index (χ2v) is 4.35. The van der Waals surface area contributed by atoms with Crippen LogP contribution in [-0.2, 0) is 6.18 Å². The predicted molar refractivity (Wildman–Crippen MR) is 62.6 cm³/mol. The molecular formula is C11H10BrF3N2. The molecule has 1 aromatic carbocycles. The van der Waals surface area contributed by atoms with E-state index in [9.17, 15) is 13.2 Å². The van der Waals surface area contributed by atoms with E-state index in [2.05, 4.69) is 15.9 Å². The van der Waals surface area contributed by atoms with Crippen LogP contribution in [0.25, 0.3) is 0 Å². The first-order valence-electron chi connectivity index (χ1n) is 4.81. The largest absolute Gasteiger partial charge is 0.416 e. The fourth-order valence-corrected chi connectivity index (χ4v) is 2.01. The van der Waals surface area contributed by atoms with Crippen molar-refractivity contribution >= 4 is 21.6 Å². The minimum absolute atomic E-state index is 0.323. The first kappa shape index (κ1) is 13.8. The molecule has 0 fully saturated rings. The molecule has 0 amide bonds. The Bertz CT molecular complexity index is 437. The molecule has 1 aromatic rings. The second kappa shape index (κ2) is 5.41. The first-order chi connectivity index (χ1) is 7.86. The van der Waals surface area contributed by atoms with E-state index in [-0.39, 0.29) is 0 Å².